The van der Waals surface area contributed by atoms with Gasteiger partial charge in [0, 0.05) is 17.6 Å². The van der Waals surface area contributed by atoms with E-state index in [1.807, 2.05) is 24.0 Å². The maximum atomic E-state index is 11.6. The molecule has 108 valence electrons. The molecule has 0 spiro atoms. The molecule has 1 aromatic carbocycles. The molecule has 1 fully saturated rings. The first-order valence-corrected chi connectivity index (χ1v) is 7.40. The number of benzene rings is 1. The molecule has 4 nitrogen and oxygen atoms in total. The maximum absolute atomic E-state index is 11.6. The standard InChI is InChI=1S/C16H22N2O2/c1-4-17-9-8-16(3)13-10-12(20-5-2)6-7-14(13)18(11-19)15(16)17/h6-7,10-11,15H,4-5,8-9H2,1-3H3/t15?,16-/m0/s1. The van der Waals surface area contributed by atoms with Crippen LogP contribution >= 0.6 is 0 Å². The fourth-order valence-corrected chi connectivity index (χ4v) is 3.82. The zero-order valence-corrected chi connectivity index (χ0v) is 12.4. The molecular formula is C16H22N2O2. The Morgan fingerprint density at radius 3 is 2.90 bits per heavy atom. The fourth-order valence-electron chi connectivity index (χ4n) is 3.82. The summed E-state index contributed by atoms with van der Waals surface area (Å²) >= 11 is 0. The summed E-state index contributed by atoms with van der Waals surface area (Å²) in [5, 5.41) is 0. The van der Waals surface area contributed by atoms with Crippen molar-refractivity contribution < 1.29 is 9.53 Å². The highest BCUT2D eigenvalue weighted by molar-refractivity contribution is 5.83. The van der Waals surface area contributed by atoms with Gasteiger partial charge in [-0.25, -0.2) is 0 Å². The van der Waals surface area contributed by atoms with E-state index in [0.29, 0.717) is 6.61 Å². The van der Waals surface area contributed by atoms with Crippen LogP contribution in [-0.2, 0) is 10.2 Å². The Labute approximate surface area is 120 Å². The van der Waals surface area contributed by atoms with Gasteiger partial charge in [0.1, 0.15) is 5.75 Å². The van der Waals surface area contributed by atoms with Gasteiger partial charge in [-0.2, -0.15) is 0 Å². The molecule has 0 radical (unpaired) electrons. The average molecular weight is 274 g/mol. The number of rotatable bonds is 4. The molecule has 2 aliphatic rings. The summed E-state index contributed by atoms with van der Waals surface area (Å²) in [4.78, 5) is 15.9. The summed E-state index contributed by atoms with van der Waals surface area (Å²) < 4.78 is 5.63. The third-order valence-electron chi connectivity index (χ3n) is 4.79. The van der Waals surface area contributed by atoms with Crippen LogP contribution in [0.25, 0.3) is 0 Å². The van der Waals surface area contributed by atoms with Gasteiger partial charge in [0.2, 0.25) is 6.41 Å². The number of likely N-dealkylation sites (tertiary alicyclic amines) is 1. The van der Waals surface area contributed by atoms with E-state index in [0.717, 1.165) is 37.4 Å². The molecule has 3 rings (SSSR count). The second kappa shape index (κ2) is 4.77. The van der Waals surface area contributed by atoms with Crippen LogP contribution in [0.4, 0.5) is 5.69 Å². The summed E-state index contributed by atoms with van der Waals surface area (Å²) in [6.07, 6.45) is 2.21. The summed E-state index contributed by atoms with van der Waals surface area (Å²) in [5.41, 5.74) is 2.30. The smallest absolute Gasteiger partial charge is 0.215 e. The van der Waals surface area contributed by atoms with Crippen molar-refractivity contribution in [1.29, 1.82) is 0 Å². The first-order chi connectivity index (χ1) is 9.65. The van der Waals surface area contributed by atoms with Crippen molar-refractivity contribution in [2.24, 2.45) is 0 Å². The lowest BCUT2D eigenvalue weighted by atomic mass is 9.81. The summed E-state index contributed by atoms with van der Waals surface area (Å²) in [5.74, 6) is 0.897. The molecule has 4 heteroatoms. The predicted octanol–water partition coefficient (Wildman–Crippen LogP) is 2.37. The lowest BCUT2D eigenvalue weighted by Gasteiger charge is -2.32. The molecule has 0 saturated carbocycles. The third-order valence-corrected chi connectivity index (χ3v) is 4.79. The Bertz CT molecular complexity index is 531. The van der Waals surface area contributed by atoms with E-state index in [1.54, 1.807) is 0 Å². The number of carbonyl (C=O) groups is 1. The van der Waals surface area contributed by atoms with Gasteiger partial charge in [-0.05, 0) is 43.7 Å². The van der Waals surface area contributed by atoms with E-state index < -0.39 is 0 Å². The van der Waals surface area contributed by atoms with Gasteiger partial charge in [-0.3, -0.25) is 14.6 Å². The first-order valence-electron chi connectivity index (χ1n) is 7.40. The third kappa shape index (κ3) is 1.67. The van der Waals surface area contributed by atoms with Gasteiger partial charge in [0.15, 0.2) is 0 Å². The summed E-state index contributed by atoms with van der Waals surface area (Å²) in [6.45, 7) is 9.09. The Hall–Kier alpha value is -1.55. The van der Waals surface area contributed by atoms with Crippen molar-refractivity contribution in [3.05, 3.63) is 23.8 Å². The molecule has 2 heterocycles. The van der Waals surface area contributed by atoms with Crippen molar-refractivity contribution in [3.8, 4) is 5.75 Å². The van der Waals surface area contributed by atoms with Crippen molar-refractivity contribution in [1.82, 2.24) is 4.90 Å². The van der Waals surface area contributed by atoms with Gasteiger partial charge in [0.05, 0.1) is 12.8 Å². The van der Waals surface area contributed by atoms with Crippen molar-refractivity contribution >= 4 is 12.1 Å². The van der Waals surface area contributed by atoms with E-state index in [2.05, 4.69) is 24.8 Å². The van der Waals surface area contributed by atoms with Crippen LogP contribution in [-0.4, -0.2) is 37.2 Å². The number of carbonyl (C=O) groups excluding carboxylic acids is 1. The first kappa shape index (κ1) is 13.4. The van der Waals surface area contributed by atoms with Crippen LogP contribution < -0.4 is 9.64 Å². The normalized spacial score (nSPS) is 28.4. The van der Waals surface area contributed by atoms with E-state index in [-0.39, 0.29) is 11.6 Å². The van der Waals surface area contributed by atoms with Crippen molar-refractivity contribution in [2.75, 3.05) is 24.6 Å². The number of likely N-dealkylation sites (N-methyl/N-ethyl adjacent to an activating group) is 1. The number of hydrogen-bond donors (Lipinski definition) is 0. The van der Waals surface area contributed by atoms with Crippen molar-refractivity contribution in [3.63, 3.8) is 0 Å². The van der Waals surface area contributed by atoms with Gasteiger partial charge in [0.25, 0.3) is 0 Å². The van der Waals surface area contributed by atoms with Crippen LogP contribution in [0.15, 0.2) is 18.2 Å². The Morgan fingerprint density at radius 1 is 1.45 bits per heavy atom. The number of nitrogens with zero attached hydrogens (tertiary/aromatic N) is 2. The molecular weight excluding hydrogens is 252 g/mol. The minimum Gasteiger partial charge on any atom is -0.494 e. The molecule has 2 aliphatic heterocycles. The molecule has 1 unspecified atom stereocenters. The number of hydrogen-bond acceptors (Lipinski definition) is 3. The Kier molecular flexibility index (Phi) is 3.21. The molecule has 0 bridgehead atoms. The number of fused-ring (bicyclic) bond motifs is 3. The molecule has 2 atom stereocenters. The van der Waals surface area contributed by atoms with Crippen LogP contribution in [0.3, 0.4) is 0 Å². The highest BCUT2D eigenvalue weighted by Crippen LogP contribution is 2.52. The lowest BCUT2D eigenvalue weighted by molar-refractivity contribution is -0.108. The highest BCUT2D eigenvalue weighted by atomic mass is 16.5. The molecule has 0 aromatic heterocycles. The number of ether oxygens (including phenoxy) is 1. The summed E-state index contributed by atoms with van der Waals surface area (Å²) in [6, 6.07) is 6.10. The van der Waals surface area contributed by atoms with E-state index >= 15 is 0 Å². The van der Waals surface area contributed by atoms with Crippen LogP contribution in [0.5, 0.6) is 5.75 Å². The topological polar surface area (TPSA) is 32.8 Å². The predicted molar refractivity (Wildman–Crippen MR) is 79.2 cm³/mol. The molecule has 1 aromatic rings. The van der Waals surface area contributed by atoms with E-state index in [1.165, 1.54) is 5.56 Å². The second-order valence-corrected chi connectivity index (χ2v) is 5.79. The molecule has 1 amide bonds. The molecule has 20 heavy (non-hydrogen) atoms. The highest BCUT2D eigenvalue weighted by Gasteiger charge is 2.54. The van der Waals surface area contributed by atoms with E-state index in [9.17, 15) is 4.79 Å². The van der Waals surface area contributed by atoms with E-state index in [4.69, 9.17) is 4.74 Å². The van der Waals surface area contributed by atoms with Crippen molar-refractivity contribution in [2.45, 2.75) is 38.8 Å². The Morgan fingerprint density at radius 2 is 2.25 bits per heavy atom. The molecule has 0 N–H and O–H groups in total. The number of anilines is 1. The largest absolute Gasteiger partial charge is 0.494 e. The average Bonchev–Trinajstić information content (AvgIpc) is 2.90. The Balaban J connectivity index is 2.09. The fraction of sp³-hybridized carbons (Fsp3) is 0.562. The lowest BCUT2D eigenvalue weighted by Crippen LogP contribution is -2.48. The molecule has 0 aliphatic carbocycles. The quantitative estimate of drug-likeness (QED) is 0.790. The van der Waals surface area contributed by atoms with Gasteiger partial charge in [-0.15, -0.1) is 0 Å². The molecule has 1 saturated heterocycles. The van der Waals surface area contributed by atoms with Crippen LogP contribution in [0, 0.1) is 0 Å². The van der Waals surface area contributed by atoms with Crippen LogP contribution in [0.1, 0.15) is 32.8 Å². The van der Waals surface area contributed by atoms with Gasteiger partial charge in [-0.1, -0.05) is 13.8 Å². The summed E-state index contributed by atoms with van der Waals surface area (Å²) in [7, 11) is 0. The van der Waals surface area contributed by atoms with Gasteiger partial charge < -0.3 is 4.74 Å². The number of amides is 1. The minimum absolute atomic E-state index is 0.0133. The van der Waals surface area contributed by atoms with Crippen LogP contribution in [0.2, 0.25) is 0 Å². The monoisotopic (exact) mass is 274 g/mol. The zero-order valence-electron chi connectivity index (χ0n) is 12.4. The minimum atomic E-state index is 0.0133. The maximum Gasteiger partial charge on any atom is 0.215 e. The van der Waals surface area contributed by atoms with Gasteiger partial charge >= 0.3 is 0 Å². The second-order valence-electron chi connectivity index (χ2n) is 5.79. The zero-order chi connectivity index (χ0) is 14.3. The SMILES string of the molecule is CCOc1ccc2c(c1)[C@]1(C)CCN(CC)C1N2C=O.